The Hall–Kier alpha value is -2.30. The molecule has 8 unspecified atom stereocenters. The third-order valence-electron chi connectivity index (χ3n) is 11.3. The van der Waals surface area contributed by atoms with E-state index >= 15 is 0 Å². The molecule has 0 spiro atoms. The minimum absolute atomic E-state index is 0.000489. The van der Waals surface area contributed by atoms with E-state index in [2.05, 4.69) is 13.8 Å². The highest BCUT2D eigenvalue weighted by atomic mass is 16.7. The van der Waals surface area contributed by atoms with Crippen LogP contribution in [0.5, 0.6) is 0 Å². The monoisotopic (exact) mass is 645 g/mol. The number of nitrogens with two attached hydrogens (primary N) is 1. The van der Waals surface area contributed by atoms with Crippen LogP contribution in [0, 0.1) is 58.2 Å². The summed E-state index contributed by atoms with van der Waals surface area (Å²) in [5, 5.41) is 0. The summed E-state index contributed by atoms with van der Waals surface area (Å²) in [4.78, 5) is 52.7. The van der Waals surface area contributed by atoms with Gasteiger partial charge in [0.1, 0.15) is 6.10 Å². The molecule has 11 atom stereocenters. The SMILES string of the molecule is CC(=O)O[C@@H]1C[C@]23COCC(C2CCC2C3=CC(=O)C3C2CCC(CC(C)C)C3C(=O)OCOC(=O)C(C)(C)C)[C@H]1OCC(C)N. The van der Waals surface area contributed by atoms with Crippen LogP contribution in [0.3, 0.4) is 0 Å². The summed E-state index contributed by atoms with van der Waals surface area (Å²) in [6.07, 6.45) is 5.94. The van der Waals surface area contributed by atoms with Gasteiger partial charge in [-0.05, 0) is 102 Å². The molecule has 2 N–H and O–H groups in total. The van der Waals surface area contributed by atoms with Crippen molar-refractivity contribution in [2.75, 3.05) is 26.6 Å². The average Bonchev–Trinajstić information content (AvgIpc) is 2.95. The minimum Gasteiger partial charge on any atom is -0.460 e. The fourth-order valence-corrected chi connectivity index (χ4v) is 9.67. The fraction of sp³-hybridized carbons (Fsp3) is 0.833. The van der Waals surface area contributed by atoms with Gasteiger partial charge in [-0.25, -0.2) is 0 Å². The van der Waals surface area contributed by atoms with Gasteiger partial charge < -0.3 is 29.4 Å². The predicted molar refractivity (Wildman–Crippen MR) is 169 cm³/mol. The number of hydrogen-bond donors (Lipinski definition) is 1. The lowest BCUT2D eigenvalue weighted by Crippen LogP contribution is -2.64. The zero-order valence-corrected chi connectivity index (χ0v) is 28.8. The minimum atomic E-state index is -0.717. The van der Waals surface area contributed by atoms with E-state index in [4.69, 9.17) is 29.4 Å². The van der Waals surface area contributed by atoms with Gasteiger partial charge in [0.25, 0.3) is 0 Å². The normalized spacial score (nSPS) is 37.6. The number of ketones is 1. The molecule has 5 aliphatic rings. The van der Waals surface area contributed by atoms with Gasteiger partial charge in [0.05, 0.1) is 37.3 Å². The average molecular weight is 646 g/mol. The quantitative estimate of drug-likeness (QED) is 0.279. The summed E-state index contributed by atoms with van der Waals surface area (Å²) in [7, 11) is 0. The lowest BCUT2D eigenvalue weighted by atomic mass is 9.45. The molecule has 0 aromatic heterocycles. The van der Waals surface area contributed by atoms with Crippen LogP contribution >= 0.6 is 0 Å². The van der Waals surface area contributed by atoms with Gasteiger partial charge >= 0.3 is 17.9 Å². The molecule has 1 heterocycles. The number of fused-ring (bicyclic) bond motifs is 3. The molecule has 2 bridgehead atoms. The Bertz CT molecular complexity index is 1200. The van der Waals surface area contributed by atoms with Crippen LogP contribution in [0.2, 0.25) is 0 Å². The van der Waals surface area contributed by atoms with E-state index in [1.54, 1.807) is 20.8 Å². The smallest absolute Gasteiger partial charge is 0.314 e. The van der Waals surface area contributed by atoms with Crippen LogP contribution in [0.25, 0.3) is 0 Å². The van der Waals surface area contributed by atoms with Gasteiger partial charge in [0.2, 0.25) is 6.79 Å². The van der Waals surface area contributed by atoms with Gasteiger partial charge in [-0.2, -0.15) is 0 Å². The Morgan fingerprint density at radius 3 is 2.46 bits per heavy atom. The Morgan fingerprint density at radius 2 is 1.80 bits per heavy atom. The first-order valence-corrected chi connectivity index (χ1v) is 17.4. The van der Waals surface area contributed by atoms with Gasteiger partial charge in [0.15, 0.2) is 5.78 Å². The third-order valence-corrected chi connectivity index (χ3v) is 11.3. The van der Waals surface area contributed by atoms with Gasteiger partial charge in [0, 0.05) is 30.2 Å². The molecule has 0 radical (unpaired) electrons. The molecule has 3 saturated carbocycles. The number of carbonyl (C=O) groups excluding carboxylic acids is 4. The first-order chi connectivity index (χ1) is 21.6. The second-order valence-electron chi connectivity index (χ2n) is 16.2. The summed E-state index contributed by atoms with van der Waals surface area (Å²) in [5.41, 5.74) is 5.99. The molecule has 10 heteroatoms. The Labute approximate surface area is 273 Å². The van der Waals surface area contributed by atoms with Gasteiger partial charge in [-0.1, -0.05) is 19.4 Å². The largest absolute Gasteiger partial charge is 0.460 e. The maximum absolute atomic E-state index is 14.3. The number of hydrogen-bond acceptors (Lipinski definition) is 10. The maximum atomic E-state index is 14.3. The van der Waals surface area contributed by atoms with E-state index in [9.17, 15) is 19.2 Å². The van der Waals surface area contributed by atoms with E-state index < -0.39 is 47.5 Å². The van der Waals surface area contributed by atoms with E-state index in [1.165, 1.54) is 6.92 Å². The second-order valence-corrected chi connectivity index (χ2v) is 16.2. The molecule has 1 aliphatic heterocycles. The molecular weight excluding hydrogens is 590 g/mol. The topological polar surface area (TPSA) is 140 Å². The number of carbonyl (C=O) groups is 4. The Morgan fingerprint density at radius 1 is 1.07 bits per heavy atom. The van der Waals surface area contributed by atoms with Crippen molar-refractivity contribution in [2.24, 2.45) is 63.9 Å². The van der Waals surface area contributed by atoms with Crippen molar-refractivity contribution in [3.05, 3.63) is 11.6 Å². The highest BCUT2D eigenvalue weighted by Gasteiger charge is 2.64. The van der Waals surface area contributed by atoms with Crippen LogP contribution in [0.1, 0.15) is 87.0 Å². The summed E-state index contributed by atoms with van der Waals surface area (Å²) in [5.74, 6) is -1.65. The molecule has 0 amide bonds. The molecule has 4 fully saturated rings. The standard InChI is InChI=1S/C36H55NO9/c1-19(2)12-22-8-9-24-23-10-11-26-25-16-42-17-36(26,14-29(46-21(4)38)32(25)43-15-20(3)37)27(23)13-28(39)31(24)30(22)33(40)44-18-45-34(41)35(5,6)7/h13,19-20,22-26,29-32H,8-12,14-18,37H2,1-7H3/t20?,22?,23?,24?,25?,26?,29-,30?,31?,32-,36+/m1/s1. The number of ether oxygens (including phenoxy) is 5. The molecule has 10 nitrogen and oxygen atoms in total. The van der Waals surface area contributed by atoms with Crippen molar-refractivity contribution >= 4 is 23.7 Å². The predicted octanol–water partition coefficient (Wildman–Crippen LogP) is 4.62. The summed E-state index contributed by atoms with van der Waals surface area (Å²) in [6.45, 7) is 13.7. The first kappa shape index (κ1) is 35.0. The van der Waals surface area contributed by atoms with Crippen LogP contribution in [0.15, 0.2) is 11.6 Å². The van der Waals surface area contributed by atoms with Crippen molar-refractivity contribution in [3.63, 3.8) is 0 Å². The summed E-state index contributed by atoms with van der Waals surface area (Å²) >= 11 is 0. The molecule has 5 rings (SSSR count). The highest BCUT2D eigenvalue weighted by molar-refractivity contribution is 5.97. The fourth-order valence-electron chi connectivity index (χ4n) is 9.67. The highest BCUT2D eigenvalue weighted by Crippen LogP contribution is 2.64. The molecule has 46 heavy (non-hydrogen) atoms. The molecule has 0 aromatic carbocycles. The summed E-state index contributed by atoms with van der Waals surface area (Å²) < 4.78 is 29.4. The number of esters is 3. The van der Waals surface area contributed by atoms with E-state index in [1.807, 2.05) is 13.0 Å². The number of allylic oxidation sites excluding steroid dienone is 1. The molecule has 258 valence electrons. The molecular formula is C36H55NO9. The van der Waals surface area contributed by atoms with Crippen molar-refractivity contribution in [1.82, 2.24) is 0 Å². The van der Waals surface area contributed by atoms with Crippen molar-refractivity contribution in [2.45, 2.75) is 105 Å². The van der Waals surface area contributed by atoms with E-state index in [0.29, 0.717) is 32.2 Å². The van der Waals surface area contributed by atoms with E-state index in [0.717, 1.165) is 37.7 Å². The van der Waals surface area contributed by atoms with Crippen molar-refractivity contribution in [1.29, 1.82) is 0 Å². The molecule has 4 aliphatic carbocycles. The third kappa shape index (κ3) is 6.81. The molecule has 1 saturated heterocycles. The number of rotatable bonds is 9. The van der Waals surface area contributed by atoms with E-state index in [-0.39, 0.29) is 53.5 Å². The Balaban J connectivity index is 1.45. The van der Waals surface area contributed by atoms with Crippen LogP contribution < -0.4 is 5.73 Å². The van der Waals surface area contributed by atoms with Crippen molar-refractivity contribution in [3.8, 4) is 0 Å². The van der Waals surface area contributed by atoms with Crippen LogP contribution in [-0.4, -0.2) is 68.6 Å². The first-order valence-electron chi connectivity index (χ1n) is 17.4. The van der Waals surface area contributed by atoms with Crippen LogP contribution in [-0.2, 0) is 42.9 Å². The summed E-state index contributed by atoms with van der Waals surface area (Å²) in [6, 6.07) is -0.156. The van der Waals surface area contributed by atoms with Gasteiger partial charge in [-0.3, -0.25) is 19.2 Å². The maximum Gasteiger partial charge on any atom is 0.314 e. The molecule has 0 aromatic rings. The van der Waals surface area contributed by atoms with Crippen molar-refractivity contribution < 1.29 is 42.9 Å². The lowest BCUT2D eigenvalue weighted by molar-refractivity contribution is -0.225. The lowest BCUT2D eigenvalue weighted by Gasteiger charge is -2.63. The zero-order valence-electron chi connectivity index (χ0n) is 28.8. The van der Waals surface area contributed by atoms with Gasteiger partial charge in [-0.15, -0.1) is 0 Å². The van der Waals surface area contributed by atoms with Crippen LogP contribution in [0.4, 0.5) is 0 Å². The zero-order chi connectivity index (χ0) is 33.6. The Kier molecular flexibility index (Phi) is 10.4. The second kappa shape index (κ2) is 13.7.